The number of piperazine rings is 1. The number of thiazole rings is 1. The molecule has 0 unspecified atom stereocenters. The van der Waals surface area contributed by atoms with Crippen LogP contribution < -0.4 is 14.4 Å². The van der Waals surface area contributed by atoms with Gasteiger partial charge in [0, 0.05) is 55.1 Å². The van der Waals surface area contributed by atoms with Crippen LogP contribution in [0.1, 0.15) is 10.4 Å². The number of hydrogen-bond donors (Lipinski definition) is 0. The van der Waals surface area contributed by atoms with Gasteiger partial charge in [-0.05, 0) is 36.4 Å². The number of aromatic nitrogens is 1. The topological polar surface area (TPSA) is 54.9 Å². The summed E-state index contributed by atoms with van der Waals surface area (Å²) in [7, 11) is 1.67. The van der Waals surface area contributed by atoms with Gasteiger partial charge < -0.3 is 19.3 Å². The highest BCUT2D eigenvalue weighted by Gasteiger charge is 2.22. The maximum Gasteiger partial charge on any atom is 0.278 e. The molecule has 1 aromatic heterocycles. The lowest BCUT2D eigenvalue weighted by Crippen LogP contribution is -2.48. The summed E-state index contributed by atoms with van der Waals surface area (Å²) in [4.78, 5) is 21.1. The summed E-state index contributed by atoms with van der Waals surface area (Å²) < 4.78 is 10.9. The van der Waals surface area contributed by atoms with E-state index >= 15 is 0 Å². The highest BCUT2D eigenvalue weighted by Crippen LogP contribution is 2.25. The van der Waals surface area contributed by atoms with Gasteiger partial charge in [-0.15, -0.1) is 0 Å². The average molecular weight is 395 g/mol. The van der Waals surface area contributed by atoms with Gasteiger partial charge in [0.05, 0.1) is 7.11 Å². The van der Waals surface area contributed by atoms with Crippen LogP contribution in [0.15, 0.2) is 60.1 Å². The van der Waals surface area contributed by atoms with Gasteiger partial charge in [0.25, 0.3) is 11.1 Å². The zero-order chi connectivity index (χ0) is 19.3. The minimum absolute atomic E-state index is 0.0473. The van der Waals surface area contributed by atoms with E-state index in [4.69, 9.17) is 9.47 Å². The molecular weight excluding hydrogens is 374 g/mol. The Bertz CT molecular complexity index is 920. The smallest absolute Gasteiger partial charge is 0.278 e. The minimum atomic E-state index is 0.0473. The summed E-state index contributed by atoms with van der Waals surface area (Å²) >= 11 is 1.43. The van der Waals surface area contributed by atoms with Crippen LogP contribution in [-0.4, -0.2) is 49.1 Å². The molecule has 0 spiro atoms. The minimum Gasteiger partial charge on any atom is -0.497 e. The van der Waals surface area contributed by atoms with Gasteiger partial charge in [-0.2, -0.15) is 0 Å². The molecule has 2 aromatic carbocycles. The van der Waals surface area contributed by atoms with Crippen LogP contribution in [-0.2, 0) is 0 Å². The fourth-order valence-electron chi connectivity index (χ4n) is 3.18. The monoisotopic (exact) mass is 395 g/mol. The molecule has 0 aliphatic carbocycles. The fourth-order valence-corrected chi connectivity index (χ4v) is 3.69. The van der Waals surface area contributed by atoms with E-state index in [1.165, 1.54) is 11.3 Å². The Balaban J connectivity index is 1.35. The van der Waals surface area contributed by atoms with E-state index in [0.29, 0.717) is 29.6 Å². The zero-order valence-corrected chi connectivity index (χ0v) is 16.4. The predicted octanol–water partition coefficient (Wildman–Crippen LogP) is 3.91. The second-order valence-electron chi connectivity index (χ2n) is 6.41. The second kappa shape index (κ2) is 8.31. The average Bonchev–Trinajstić information content (AvgIpc) is 3.27. The standard InChI is InChI=1S/C21H21N3O3S/c1-26-19-4-2-3-17(15-19)23-10-12-24(13-11-23)20(25)16-5-7-18(8-6-16)27-21-22-9-14-28-21/h2-9,14-15H,10-13H2,1H3. The van der Waals surface area contributed by atoms with Gasteiger partial charge in [0.2, 0.25) is 0 Å². The van der Waals surface area contributed by atoms with Crippen LogP contribution in [0.25, 0.3) is 0 Å². The molecule has 1 aliphatic rings. The first-order chi connectivity index (χ1) is 13.7. The molecule has 1 fully saturated rings. The number of methoxy groups -OCH3 is 1. The van der Waals surface area contributed by atoms with Gasteiger partial charge in [-0.25, -0.2) is 4.98 Å². The summed E-state index contributed by atoms with van der Waals surface area (Å²) in [6, 6.07) is 15.2. The van der Waals surface area contributed by atoms with Crippen molar-refractivity contribution in [2.45, 2.75) is 0 Å². The quantitative estimate of drug-likeness (QED) is 0.656. The lowest BCUT2D eigenvalue weighted by atomic mass is 10.1. The molecular formula is C21H21N3O3S. The molecule has 1 amide bonds. The maximum absolute atomic E-state index is 12.8. The van der Waals surface area contributed by atoms with E-state index in [2.05, 4.69) is 16.0 Å². The molecule has 0 N–H and O–H groups in total. The highest BCUT2D eigenvalue weighted by atomic mass is 32.1. The first kappa shape index (κ1) is 18.3. The highest BCUT2D eigenvalue weighted by molar-refractivity contribution is 7.11. The summed E-state index contributed by atoms with van der Waals surface area (Å²) in [5.74, 6) is 1.57. The van der Waals surface area contributed by atoms with Crippen molar-refractivity contribution in [1.82, 2.24) is 9.88 Å². The van der Waals surface area contributed by atoms with Crippen molar-refractivity contribution in [3.8, 4) is 16.7 Å². The van der Waals surface area contributed by atoms with E-state index < -0.39 is 0 Å². The Morgan fingerprint density at radius 2 is 1.82 bits per heavy atom. The van der Waals surface area contributed by atoms with Crippen molar-refractivity contribution in [2.24, 2.45) is 0 Å². The van der Waals surface area contributed by atoms with E-state index in [1.54, 1.807) is 37.6 Å². The third-order valence-corrected chi connectivity index (χ3v) is 5.35. The molecule has 4 rings (SSSR count). The van der Waals surface area contributed by atoms with E-state index in [9.17, 15) is 4.79 Å². The Morgan fingerprint density at radius 1 is 1.04 bits per heavy atom. The van der Waals surface area contributed by atoms with Crippen molar-refractivity contribution in [3.63, 3.8) is 0 Å². The van der Waals surface area contributed by atoms with Crippen molar-refractivity contribution in [3.05, 3.63) is 65.7 Å². The summed E-state index contributed by atoms with van der Waals surface area (Å²) in [6.07, 6.45) is 1.70. The maximum atomic E-state index is 12.8. The van der Waals surface area contributed by atoms with Gasteiger partial charge >= 0.3 is 0 Å². The third kappa shape index (κ3) is 4.09. The van der Waals surface area contributed by atoms with E-state index in [1.807, 2.05) is 28.5 Å². The summed E-state index contributed by atoms with van der Waals surface area (Å²) in [5, 5.41) is 2.45. The zero-order valence-electron chi connectivity index (χ0n) is 15.6. The molecule has 28 heavy (non-hydrogen) atoms. The Labute approximate surface area is 167 Å². The van der Waals surface area contributed by atoms with Gasteiger partial charge in [-0.3, -0.25) is 4.79 Å². The molecule has 2 heterocycles. The van der Waals surface area contributed by atoms with Gasteiger partial charge in [0.1, 0.15) is 11.5 Å². The molecule has 1 saturated heterocycles. The largest absolute Gasteiger partial charge is 0.497 e. The molecule has 0 saturated carbocycles. The van der Waals surface area contributed by atoms with Crippen molar-refractivity contribution in [2.75, 3.05) is 38.2 Å². The number of carbonyl (C=O) groups is 1. The number of ether oxygens (including phenoxy) is 2. The van der Waals surface area contributed by atoms with Crippen LogP contribution in [0.2, 0.25) is 0 Å². The van der Waals surface area contributed by atoms with Gasteiger partial charge in [-0.1, -0.05) is 17.4 Å². The van der Waals surface area contributed by atoms with Crippen molar-refractivity contribution >= 4 is 22.9 Å². The second-order valence-corrected chi connectivity index (χ2v) is 7.26. The molecule has 144 valence electrons. The van der Waals surface area contributed by atoms with Crippen LogP contribution in [0, 0.1) is 0 Å². The number of amides is 1. The third-order valence-electron chi connectivity index (χ3n) is 4.70. The van der Waals surface area contributed by atoms with Crippen molar-refractivity contribution < 1.29 is 14.3 Å². The first-order valence-corrected chi connectivity index (χ1v) is 9.96. The number of rotatable bonds is 5. The van der Waals surface area contributed by atoms with Crippen molar-refractivity contribution in [1.29, 1.82) is 0 Å². The number of nitrogens with zero attached hydrogens (tertiary/aromatic N) is 3. The van der Waals surface area contributed by atoms with E-state index in [-0.39, 0.29) is 5.91 Å². The summed E-state index contributed by atoms with van der Waals surface area (Å²) in [6.45, 7) is 2.97. The van der Waals surface area contributed by atoms with Crippen LogP contribution in [0.3, 0.4) is 0 Å². The molecule has 0 bridgehead atoms. The molecule has 6 nitrogen and oxygen atoms in total. The van der Waals surface area contributed by atoms with Crippen LogP contribution in [0.5, 0.6) is 16.7 Å². The normalized spacial score (nSPS) is 14.0. The molecule has 0 atom stereocenters. The first-order valence-electron chi connectivity index (χ1n) is 9.08. The molecule has 1 aliphatic heterocycles. The Morgan fingerprint density at radius 3 is 2.50 bits per heavy atom. The number of anilines is 1. The van der Waals surface area contributed by atoms with Gasteiger partial charge in [0.15, 0.2) is 0 Å². The van der Waals surface area contributed by atoms with E-state index in [0.717, 1.165) is 24.5 Å². The SMILES string of the molecule is COc1cccc(N2CCN(C(=O)c3ccc(Oc4nccs4)cc3)CC2)c1. The van der Waals surface area contributed by atoms with Crippen LogP contribution in [0.4, 0.5) is 5.69 Å². The summed E-state index contributed by atoms with van der Waals surface area (Å²) in [5.41, 5.74) is 1.79. The predicted molar refractivity (Wildman–Crippen MR) is 110 cm³/mol. The number of benzene rings is 2. The lowest BCUT2D eigenvalue weighted by molar-refractivity contribution is 0.0746. The molecule has 0 radical (unpaired) electrons. The number of hydrogen-bond acceptors (Lipinski definition) is 6. The Hall–Kier alpha value is -3.06. The molecule has 7 heteroatoms. The lowest BCUT2D eigenvalue weighted by Gasteiger charge is -2.36. The fraction of sp³-hybridized carbons (Fsp3) is 0.238. The molecule has 3 aromatic rings. The van der Waals surface area contributed by atoms with Crippen LogP contribution >= 0.6 is 11.3 Å². The Kier molecular flexibility index (Phi) is 5.43. The number of carbonyl (C=O) groups excluding carboxylic acids is 1.